The minimum atomic E-state index is -4.84. The number of alkyl halides is 3. The van der Waals surface area contributed by atoms with E-state index in [9.17, 15) is 40.1 Å². The smallest absolute Gasteiger partial charge is 0.336 e. The molecule has 34 heavy (non-hydrogen) atoms. The largest absolute Gasteiger partial charge is 0.407 e. The summed E-state index contributed by atoms with van der Waals surface area (Å²) in [4.78, 5) is 13.1. The van der Waals surface area contributed by atoms with Gasteiger partial charge < -0.3 is 5.32 Å². The fraction of sp³-hybridized carbons (Fsp3) is 0.619. The van der Waals surface area contributed by atoms with Crippen molar-refractivity contribution in [1.82, 2.24) is 10.6 Å². The van der Waals surface area contributed by atoms with E-state index in [1.54, 1.807) is 0 Å². The highest BCUT2D eigenvalue weighted by molar-refractivity contribution is 7.91. The van der Waals surface area contributed by atoms with Gasteiger partial charge in [0.1, 0.15) is 17.6 Å². The summed E-state index contributed by atoms with van der Waals surface area (Å²) in [5.74, 6) is -3.01. The monoisotopic (exact) mass is 521 g/mol. The molecule has 1 amide bonds. The molecule has 1 aromatic rings. The summed E-state index contributed by atoms with van der Waals surface area (Å²) < 4.78 is 90.5. The van der Waals surface area contributed by atoms with Crippen LogP contribution in [0.4, 0.5) is 13.2 Å². The zero-order valence-electron chi connectivity index (χ0n) is 18.2. The number of sulfone groups is 2. The van der Waals surface area contributed by atoms with Gasteiger partial charge in [-0.05, 0) is 37.2 Å². The highest BCUT2D eigenvalue weighted by Crippen LogP contribution is 2.34. The summed E-state index contributed by atoms with van der Waals surface area (Å²) in [5, 5.41) is 14.1. The second-order valence-corrected chi connectivity index (χ2v) is 13.4. The maximum absolute atomic E-state index is 13.9. The van der Waals surface area contributed by atoms with Crippen LogP contribution in [-0.4, -0.2) is 63.5 Å². The number of hydrogen-bond donors (Lipinski definition) is 2. The third-order valence-corrected chi connectivity index (χ3v) is 9.48. The highest BCUT2D eigenvalue weighted by Gasteiger charge is 2.46. The number of halogens is 3. The van der Waals surface area contributed by atoms with Crippen LogP contribution in [0, 0.1) is 17.2 Å². The first-order valence-corrected chi connectivity index (χ1v) is 14.4. The standard InChI is InChI=1S/C21H26F3N3O5S2/c22-21(23,24)18(16-4-2-1-3-5-16)26-17(13-34(31,32)12-15-6-7-15)19(28)27-20(14-25)8-10-33(29,30)11-9-20/h1-5,15,17-18,26H,6-13H2,(H,27,28)/t17?,18-/m1/s1. The van der Waals surface area contributed by atoms with Crippen LogP contribution < -0.4 is 10.6 Å². The van der Waals surface area contributed by atoms with E-state index >= 15 is 0 Å². The van der Waals surface area contributed by atoms with E-state index in [4.69, 9.17) is 0 Å². The Morgan fingerprint density at radius 1 is 1.18 bits per heavy atom. The van der Waals surface area contributed by atoms with Crippen molar-refractivity contribution in [2.45, 2.75) is 49.5 Å². The van der Waals surface area contributed by atoms with Gasteiger partial charge in [-0.2, -0.15) is 18.4 Å². The topological polar surface area (TPSA) is 133 Å². The molecule has 2 aliphatic rings. The van der Waals surface area contributed by atoms with E-state index in [1.807, 2.05) is 6.07 Å². The van der Waals surface area contributed by atoms with Gasteiger partial charge in [-0.3, -0.25) is 10.1 Å². The van der Waals surface area contributed by atoms with Crippen molar-refractivity contribution >= 4 is 25.6 Å². The number of hydrogen-bond acceptors (Lipinski definition) is 7. The Hall–Kier alpha value is -2.17. The molecule has 1 saturated carbocycles. The second-order valence-electron chi connectivity index (χ2n) is 8.96. The Kier molecular flexibility index (Phi) is 7.64. The van der Waals surface area contributed by atoms with Gasteiger partial charge in [0, 0.05) is 0 Å². The number of benzene rings is 1. The Morgan fingerprint density at radius 2 is 1.76 bits per heavy atom. The molecule has 1 saturated heterocycles. The summed E-state index contributed by atoms with van der Waals surface area (Å²) >= 11 is 0. The van der Waals surface area contributed by atoms with Gasteiger partial charge in [0.15, 0.2) is 19.7 Å². The van der Waals surface area contributed by atoms with Crippen molar-refractivity contribution in [2.75, 3.05) is 23.0 Å². The predicted octanol–water partition coefficient (Wildman–Crippen LogP) is 1.66. The van der Waals surface area contributed by atoms with E-state index in [0.29, 0.717) is 12.8 Å². The minimum absolute atomic E-state index is 0.0738. The Morgan fingerprint density at radius 3 is 2.26 bits per heavy atom. The molecular formula is C21H26F3N3O5S2. The average molecular weight is 522 g/mol. The SMILES string of the molecule is N#CC1(NC(=O)C(CS(=O)(=O)CC2CC2)N[C@H](c2ccccc2)C(F)(F)F)CCS(=O)(=O)CC1. The molecular weight excluding hydrogens is 495 g/mol. The molecule has 0 bridgehead atoms. The molecule has 1 aliphatic carbocycles. The molecule has 8 nitrogen and oxygen atoms in total. The summed E-state index contributed by atoms with van der Waals surface area (Å²) in [6, 6.07) is 4.45. The van der Waals surface area contributed by atoms with E-state index in [2.05, 4.69) is 10.6 Å². The average Bonchev–Trinajstić information content (AvgIpc) is 3.55. The van der Waals surface area contributed by atoms with Crippen LogP contribution in [-0.2, 0) is 24.5 Å². The fourth-order valence-corrected chi connectivity index (χ4v) is 7.33. The molecule has 3 rings (SSSR count). The molecule has 1 aliphatic heterocycles. The van der Waals surface area contributed by atoms with Crippen LogP contribution in [0.15, 0.2) is 30.3 Å². The van der Waals surface area contributed by atoms with Crippen LogP contribution >= 0.6 is 0 Å². The maximum atomic E-state index is 13.9. The molecule has 2 atom stereocenters. The quantitative estimate of drug-likeness (QED) is 0.505. The lowest BCUT2D eigenvalue weighted by atomic mass is 9.93. The molecule has 1 aromatic carbocycles. The number of nitrogens with zero attached hydrogens (tertiary/aromatic N) is 1. The number of nitriles is 1. The Labute approximate surface area is 196 Å². The molecule has 1 heterocycles. The Bertz CT molecular complexity index is 1130. The van der Waals surface area contributed by atoms with Crippen LogP contribution in [0.3, 0.4) is 0 Å². The first kappa shape index (κ1) is 26.4. The van der Waals surface area contributed by atoms with Crippen LogP contribution in [0.25, 0.3) is 0 Å². The van der Waals surface area contributed by atoms with Gasteiger partial charge in [-0.15, -0.1) is 0 Å². The van der Waals surface area contributed by atoms with Crippen LogP contribution in [0.5, 0.6) is 0 Å². The Balaban J connectivity index is 1.88. The van der Waals surface area contributed by atoms with E-state index in [-0.39, 0.29) is 41.6 Å². The van der Waals surface area contributed by atoms with E-state index in [1.165, 1.54) is 30.3 Å². The molecule has 0 aromatic heterocycles. The van der Waals surface area contributed by atoms with Crippen molar-refractivity contribution in [2.24, 2.45) is 5.92 Å². The van der Waals surface area contributed by atoms with Crippen molar-refractivity contribution in [3.63, 3.8) is 0 Å². The normalized spacial score (nSPS) is 21.7. The maximum Gasteiger partial charge on any atom is 0.407 e. The summed E-state index contributed by atoms with van der Waals surface area (Å²) in [6.45, 7) is 0. The number of carbonyl (C=O) groups is 1. The summed E-state index contributed by atoms with van der Waals surface area (Å²) in [6.07, 6.45) is -3.91. The van der Waals surface area contributed by atoms with Gasteiger partial charge in [-0.25, -0.2) is 16.8 Å². The number of rotatable bonds is 9. The first-order valence-electron chi connectivity index (χ1n) is 10.8. The molecule has 0 spiro atoms. The summed E-state index contributed by atoms with van der Waals surface area (Å²) in [7, 11) is -7.28. The van der Waals surface area contributed by atoms with Crippen molar-refractivity contribution in [3.8, 4) is 6.07 Å². The lowest BCUT2D eigenvalue weighted by molar-refractivity contribution is -0.160. The van der Waals surface area contributed by atoms with Gasteiger partial charge in [-0.1, -0.05) is 30.3 Å². The third kappa shape index (κ3) is 7.16. The number of carbonyl (C=O) groups excluding carboxylic acids is 1. The fourth-order valence-electron chi connectivity index (χ4n) is 3.87. The van der Waals surface area contributed by atoms with Gasteiger partial charge in [0.2, 0.25) is 5.91 Å². The summed E-state index contributed by atoms with van der Waals surface area (Å²) in [5.41, 5.74) is -1.81. The lowest BCUT2D eigenvalue weighted by Crippen LogP contribution is -2.59. The van der Waals surface area contributed by atoms with Crippen molar-refractivity contribution in [1.29, 1.82) is 5.26 Å². The van der Waals surface area contributed by atoms with E-state index in [0.717, 1.165) is 0 Å². The number of amides is 1. The molecule has 1 unspecified atom stereocenters. The van der Waals surface area contributed by atoms with Crippen molar-refractivity contribution in [3.05, 3.63) is 35.9 Å². The van der Waals surface area contributed by atoms with Gasteiger partial charge in [0.25, 0.3) is 0 Å². The molecule has 0 radical (unpaired) electrons. The minimum Gasteiger partial charge on any atom is -0.336 e. The predicted molar refractivity (Wildman–Crippen MR) is 118 cm³/mol. The zero-order chi connectivity index (χ0) is 25.2. The van der Waals surface area contributed by atoms with E-state index < -0.39 is 55.1 Å². The highest BCUT2D eigenvalue weighted by atomic mass is 32.2. The second kappa shape index (κ2) is 9.83. The van der Waals surface area contributed by atoms with Crippen molar-refractivity contribution < 1.29 is 34.8 Å². The molecule has 2 N–H and O–H groups in total. The van der Waals surface area contributed by atoms with Crippen LogP contribution in [0.1, 0.15) is 37.3 Å². The van der Waals surface area contributed by atoms with Gasteiger partial charge in [0.05, 0.1) is 29.1 Å². The zero-order valence-corrected chi connectivity index (χ0v) is 19.8. The first-order chi connectivity index (χ1) is 15.7. The molecule has 2 fully saturated rings. The third-order valence-electron chi connectivity index (χ3n) is 6.01. The molecule has 13 heteroatoms. The lowest BCUT2D eigenvalue weighted by Gasteiger charge is -2.34. The number of nitrogens with one attached hydrogen (secondary N) is 2. The van der Waals surface area contributed by atoms with Gasteiger partial charge >= 0.3 is 6.18 Å². The van der Waals surface area contributed by atoms with Crippen LogP contribution in [0.2, 0.25) is 0 Å². The molecule has 188 valence electrons.